The highest BCUT2D eigenvalue weighted by Crippen LogP contribution is 1.98. The van der Waals surface area contributed by atoms with Crippen molar-refractivity contribution in [3.05, 3.63) is 0 Å². The van der Waals surface area contributed by atoms with Crippen LogP contribution in [0.3, 0.4) is 0 Å². The first kappa shape index (κ1) is 16.7. The number of unbranched alkanes of at least 4 members (excludes halogenated alkanes) is 1. The molecular weight excluding hydrogens is 240 g/mol. The zero-order valence-electron chi connectivity index (χ0n) is 10.7. The molecule has 0 rings (SSSR count). The SMILES string of the molecule is COCCCOC(=O)NCCCCC(N)C(=O)O. The maximum atomic E-state index is 11.1. The van der Waals surface area contributed by atoms with E-state index in [1.54, 1.807) is 7.11 Å². The van der Waals surface area contributed by atoms with Gasteiger partial charge in [-0.1, -0.05) is 0 Å². The third-order valence-corrected chi connectivity index (χ3v) is 2.25. The van der Waals surface area contributed by atoms with Gasteiger partial charge in [0.2, 0.25) is 0 Å². The summed E-state index contributed by atoms with van der Waals surface area (Å²) >= 11 is 0. The molecular formula is C11H22N2O5. The van der Waals surface area contributed by atoms with Gasteiger partial charge in [-0.05, 0) is 19.3 Å². The van der Waals surface area contributed by atoms with Crippen molar-refractivity contribution in [3.8, 4) is 0 Å². The highest BCUT2D eigenvalue weighted by Gasteiger charge is 2.10. The lowest BCUT2D eigenvalue weighted by atomic mass is 10.1. The summed E-state index contributed by atoms with van der Waals surface area (Å²) in [4.78, 5) is 21.5. The Balaban J connectivity index is 3.32. The van der Waals surface area contributed by atoms with E-state index in [2.05, 4.69) is 5.32 Å². The van der Waals surface area contributed by atoms with Gasteiger partial charge in [-0.3, -0.25) is 4.79 Å². The lowest BCUT2D eigenvalue weighted by Gasteiger charge is -2.08. The van der Waals surface area contributed by atoms with Gasteiger partial charge in [-0.25, -0.2) is 4.79 Å². The number of carbonyl (C=O) groups is 2. The van der Waals surface area contributed by atoms with Gasteiger partial charge in [-0.2, -0.15) is 0 Å². The third kappa shape index (κ3) is 9.86. The maximum absolute atomic E-state index is 11.1. The van der Waals surface area contributed by atoms with Gasteiger partial charge >= 0.3 is 12.1 Å². The van der Waals surface area contributed by atoms with Crippen molar-refractivity contribution in [2.75, 3.05) is 26.9 Å². The molecule has 4 N–H and O–H groups in total. The van der Waals surface area contributed by atoms with Gasteiger partial charge < -0.3 is 25.6 Å². The largest absolute Gasteiger partial charge is 0.480 e. The molecule has 0 heterocycles. The molecule has 0 aromatic carbocycles. The number of carboxylic acid groups (broad SMARTS) is 1. The summed E-state index contributed by atoms with van der Waals surface area (Å²) in [5, 5.41) is 11.1. The van der Waals surface area contributed by atoms with E-state index in [9.17, 15) is 9.59 Å². The number of alkyl carbamates (subject to hydrolysis) is 1. The van der Waals surface area contributed by atoms with E-state index in [0.717, 1.165) is 0 Å². The monoisotopic (exact) mass is 262 g/mol. The van der Waals surface area contributed by atoms with Crippen molar-refractivity contribution in [1.29, 1.82) is 0 Å². The average Bonchev–Trinajstić information content (AvgIpc) is 2.33. The highest BCUT2D eigenvalue weighted by molar-refractivity contribution is 5.72. The average molecular weight is 262 g/mol. The minimum atomic E-state index is -1.000. The third-order valence-electron chi connectivity index (χ3n) is 2.25. The fourth-order valence-electron chi connectivity index (χ4n) is 1.22. The first-order valence-electron chi connectivity index (χ1n) is 5.96. The number of aliphatic carboxylic acids is 1. The van der Waals surface area contributed by atoms with Crippen LogP contribution in [0.15, 0.2) is 0 Å². The zero-order chi connectivity index (χ0) is 13.8. The Morgan fingerprint density at radius 3 is 2.61 bits per heavy atom. The molecule has 0 spiro atoms. The second-order valence-electron chi connectivity index (χ2n) is 3.85. The fraction of sp³-hybridized carbons (Fsp3) is 0.818. The Morgan fingerprint density at radius 2 is 2.00 bits per heavy atom. The van der Waals surface area contributed by atoms with Gasteiger partial charge in [0.25, 0.3) is 0 Å². The van der Waals surface area contributed by atoms with E-state index in [0.29, 0.717) is 45.4 Å². The predicted octanol–water partition coefficient (Wildman–Crippen LogP) is 0.331. The van der Waals surface area contributed by atoms with Gasteiger partial charge in [0.05, 0.1) is 6.61 Å². The second-order valence-corrected chi connectivity index (χ2v) is 3.85. The number of amides is 1. The summed E-state index contributed by atoms with van der Waals surface area (Å²) in [5.74, 6) is -1.000. The number of rotatable bonds is 10. The van der Waals surface area contributed by atoms with E-state index in [1.165, 1.54) is 0 Å². The van der Waals surface area contributed by atoms with Crippen molar-refractivity contribution in [1.82, 2.24) is 5.32 Å². The van der Waals surface area contributed by atoms with Crippen LogP contribution in [0.5, 0.6) is 0 Å². The molecule has 0 fully saturated rings. The van der Waals surface area contributed by atoms with Crippen LogP contribution < -0.4 is 11.1 Å². The first-order chi connectivity index (χ1) is 8.57. The summed E-state index contributed by atoms with van der Waals surface area (Å²) in [7, 11) is 1.59. The van der Waals surface area contributed by atoms with Crippen molar-refractivity contribution in [3.63, 3.8) is 0 Å². The molecule has 1 unspecified atom stereocenters. The van der Waals surface area contributed by atoms with Crippen LogP contribution in [0.4, 0.5) is 4.79 Å². The lowest BCUT2D eigenvalue weighted by molar-refractivity contribution is -0.138. The van der Waals surface area contributed by atoms with Crippen LogP contribution >= 0.6 is 0 Å². The van der Waals surface area contributed by atoms with E-state index in [4.69, 9.17) is 20.3 Å². The minimum Gasteiger partial charge on any atom is -0.480 e. The molecule has 0 bridgehead atoms. The van der Waals surface area contributed by atoms with Crippen LogP contribution in [0, 0.1) is 0 Å². The molecule has 7 heteroatoms. The molecule has 18 heavy (non-hydrogen) atoms. The van der Waals surface area contributed by atoms with Crippen molar-refractivity contribution < 1.29 is 24.2 Å². The molecule has 0 aliphatic carbocycles. The van der Waals surface area contributed by atoms with E-state index >= 15 is 0 Å². The second kappa shape index (κ2) is 10.8. The Morgan fingerprint density at radius 1 is 1.28 bits per heavy atom. The summed E-state index contributed by atoms with van der Waals surface area (Å²) in [6, 6.07) is -0.828. The van der Waals surface area contributed by atoms with Crippen molar-refractivity contribution >= 4 is 12.1 Å². The van der Waals surface area contributed by atoms with Crippen LogP contribution in [0.2, 0.25) is 0 Å². The summed E-state index contributed by atoms with van der Waals surface area (Å²) in [6.07, 6.45) is 1.93. The van der Waals surface area contributed by atoms with E-state index < -0.39 is 18.1 Å². The smallest absolute Gasteiger partial charge is 0.407 e. The molecule has 0 saturated heterocycles. The number of nitrogens with two attached hydrogens (primary N) is 1. The molecule has 7 nitrogen and oxygen atoms in total. The Kier molecular flexibility index (Phi) is 9.99. The van der Waals surface area contributed by atoms with Crippen LogP contribution in [-0.4, -0.2) is 50.1 Å². The number of methoxy groups -OCH3 is 1. The van der Waals surface area contributed by atoms with Crippen molar-refractivity contribution in [2.45, 2.75) is 31.7 Å². The topological polar surface area (TPSA) is 111 Å². The summed E-state index contributed by atoms with van der Waals surface area (Å²) < 4.78 is 9.67. The standard InChI is InChI=1S/C11H22N2O5/c1-17-7-4-8-18-11(16)13-6-3-2-5-9(12)10(14)15/h9H,2-8,12H2,1H3,(H,13,16)(H,14,15). The van der Waals surface area contributed by atoms with Crippen molar-refractivity contribution in [2.24, 2.45) is 5.73 Å². The Hall–Kier alpha value is -1.34. The van der Waals surface area contributed by atoms with Gasteiger partial charge in [0.15, 0.2) is 0 Å². The van der Waals surface area contributed by atoms with Crippen LogP contribution in [-0.2, 0) is 14.3 Å². The number of hydrogen-bond acceptors (Lipinski definition) is 5. The molecule has 1 amide bonds. The fourth-order valence-corrected chi connectivity index (χ4v) is 1.22. The molecule has 0 aromatic rings. The number of ether oxygens (including phenoxy) is 2. The number of nitrogens with one attached hydrogen (secondary N) is 1. The normalized spacial score (nSPS) is 11.9. The molecule has 0 aliphatic heterocycles. The Bertz CT molecular complexity index is 248. The van der Waals surface area contributed by atoms with E-state index in [1.807, 2.05) is 0 Å². The lowest BCUT2D eigenvalue weighted by Crippen LogP contribution is -2.30. The molecule has 0 radical (unpaired) electrons. The molecule has 106 valence electrons. The predicted molar refractivity (Wildman–Crippen MR) is 65.3 cm³/mol. The molecule has 0 aromatic heterocycles. The van der Waals surface area contributed by atoms with Gasteiger partial charge in [-0.15, -0.1) is 0 Å². The van der Waals surface area contributed by atoms with Crippen LogP contribution in [0.25, 0.3) is 0 Å². The maximum Gasteiger partial charge on any atom is 0.407 e. The summed E-state index contributed by atoms with van der Waals surface area (Å²) in [6.45, 7) is 1.33. The van der Waals surface area contributed by atoms with Gasteiger partial charge in [0.1, 0.15) is 6.04 Å². The quantitative estimate of drug-likeness (QED) is 0.489. The number of hydrogen-bond donors (Lipinski definition) is 3. The molecule has 1 atom stereocenters. The number of carboxylic acids is 1. The Labute approximate surface area is 107 Å². The zero-order valence-corrected chi connectivity index (χ0v) is 10.7. The van der Waals surface area contributed by atoms with Gasteiger partial charge in [0, 0.05) is 26.7 Å². The number of carbonyl (C=O) groups excluding carboxylic acids is 1. The summed E-state index contributed by atoms with van der Waals surface area (Å²) in [5.41, 5.74) is 5.33. The van der Waals surface area contributed by atoms with Crippen LogP contribution in [0.1, 0.15) is 25.7 Å². The highest BCUT2D eigenvalue weighted by atomic mass is 16.5. The van der Waals surface area contributed by atoms with E-state index in [-0.39, 0.29) is 0 Å². The first-order valence-corrected chi connectivity index (χ1v) is 5.96. The minimum absolute atomic E-state index is 0.323. The molecule has 0 aliphatic rings. The molecule has 0 saturated carbocycles.